The Labute approximate surface area is 149 Å². The largest absolute Gasteiger partial charge is 0.497 e. The van der Waals surface area contributed by atoms with Crippen molar-refractivity contribution in [2.75, 3.05) is 12.8 Å². The van der Waals surface area contributed by atoms with E-state index in [-0.39, 0.29) is 5.82 Å². The third kappa shape index (κ3) is 2.86. The van der Waals surface area contributed by atoms with Gasteiger partial charge in [-0.2, -0.15) is 5.11 Å². The van der Waals surface area contributed by atoms with Crippen LogP contribution in [-0.4, -0.2) is 21.7 Å². The van der Waals surface area contributed by atoms with Crippen molar-refractivity contribution in [1.82, 2.24) is 14.6 Å². The van der Waals surface area contributed by atoms with Crippen LogP contribution in [0.5, 0.6) is 5.75 Å². The van der Waals surface area contributed by atoms with Gasteiger partial charge >= 0.3 is 0 Å². The van der Waals surface area contributed by atoms with E-state index in [9.17, 15) is 0 Å². The summed E-state index contributed by atoms with van der Waals surface area (Å²) >= 11 is 0. The second-order valence-electron chi connectivity index (χ2n) is 5.56. The smallest absolute Gasteiger partial charge is 0.185 e. The maximum absolute atomic E-state index is 6.06. The van der Waals surface area contributed by atoms with E-state index in [0.717, 1.165) is 17.0 Å². The highest BCUT2D eigenvalue weighted by atomic mass is 16.5. The van der Waals surface area contributed by atoms with Crippen molar-refractivity contribution in [3.8, 4) is 17.0 Å². The summed E-state index contributed by atoms with van der Waals surface area (Å²) in [6, 6.07) is 19.1. The zero-order valence-electron chi connectivity index (χ0n) is 14.1. The highest BCUT2D eigenvalue weighted by Crippen LogP contribution is 2.31. The number of nitrogens with two attached hydrogens (primary N) is 1. The Kier molecular flexibility index (Phi) is 4.03. The number of aromatic nitrogens is 3. The lowest BCUT2D eigenvalue weighted by molar-refractivity contribution is 0.415. The van der Waals surface area contributed by atoms with Crippen molar-refractivity contribution in [2.45, 2.75) is 0 Å². The first-order valence-electron chi connectivity index (χ1n) is 8.00. The van der Waals surface area contributed by atoms with Crippen molar-refractivity contribution in [3.63, 3.8) is 0 Å². The van der Waals surface area contributed by atoms with Crippen LogP contribution in [0.1, 0.15) is 0 Å². The molecule has 4 aromatic rings. The third-order valence-corrected chi connectivity index (χ3v) is 3.93. The molecule has 0 saturated heterocycles. The van der Waals surface area contributed by atoms with Crippen LogP contribution in [0.15, 0.2) is 77.1 Å². The number of nitrogens with zero attached hydrogens (tertiary/aromatic N) is 5. The maximum atomic E-state index is 6.06. The van der Waals surface area contributed by atoms with Gasteiger partial charge in [0.1, 0.15) is 5.75 Å². The van der Waals surface area contributed by atoms with E-state index in [1.165, 1.54) is 0 Å². The number of fused-ring (bicyclic) bond motifs is 1. The number of ether oxygens (including phenoxy) is 1. The van der Waals surface area contributed by atoms with Crippen LogP contribution in [0.2, 0.25) is 0 Å². The van der Waals surface area contributed by atoms with E-state index in [1.54, 1.807) is 17.8 Å². The molecule has 2 N–H and O–H groups in total. The van der Waals surface area contributed by atoms with Gasteiger partial charge in [0.2, 0.25) is 0 Å². The Morgan fingerprint density at radius 1 is 0.962 bits per heavy atom. The van der Waals surface area contributed by atoms with Crippen LogP contribution >= 0.6 is 0 Å². The zero-order valence-corrected chi connectivity index (χ0v) is 14.1. The molecule has 128 valence electrons. The zero-order chi connectivity index (χ0) is 17.9. The molecule has 0 radical (unpaired) electrons. The second kappa shape index (κ2) is 6.64. The molecule has 7 nitrogen and oxygen atoms in total. The summed E-state index contributed by atoms with van der Waals surface area (Å²) in [5.74, 6) is 1.03. The van der Waals surface area contributed by atoms with Gasteiger partial charge in [0.05, 0.1) is 18.5 Å². The van der Waals surface area contributed by atoms with Gasteiger partial charge in [-0.15, -0.1) is 10.2 Å². The number of rotatable bonds is 4. The molecule has 0 spiro atoms. The number of methoxy groups -OCH3 is 1. The van der Waals surface area contributed by atoms with Gasteiger partial charge in [-0.05, 0) is 30.3 Å². The van der Waals surface area contributed by atoms with Gasteiger partial charge in [-0.25, -0.2) is 9.50 Å². The first-order valence-corrected chi connectivity index (χ1v) is 8.00. The maximum Gasteiger partial charge on any atom is 0.185 e. The fraction of sp³-hybridized carbons (Fsp3) is 0.0526. The van der Waals surface area contributed by atoms with Crippen LogP contribution in [0.4, 0.5) is 17.2 Å². The molecule has 0 unspecified atom stereocenters. The van der Waals surface area contributed by atoms with Crippen LogP contribution in [0.3, 0.4) is 0 Å². The van der Waals surface area contributed by atoms with Gasteiger partial charge in [0, 0.05) is 11.8 Å². The highest BCUT2D eigenvalue weighted by Gasteiger charge is 2.14. The van der Waals surface area contributed by atoms with Gasteiger partial charge in [0.15, 0.2) is 17.2 Å². The molecule has 0 aliphatic carbocycles. The summed E-state index contributed by atoms with van der Waals surface area (Å²) in [4.78, 5) is 4.37. The van der Waals surface area contributed by atoms with Gasteiger partial charge in [-0.3, -0.25) is 0 Å². The number of azo groups is 1. The lowest BCUT2D eigenvalue weighted by atomic mass is 10.1. The number of anilines is 1. The van der Waals surface area contributed by atoms with E-state index in [1.807, 2.05) is 60.7 Å². The summed E-state index contributed by atoms with van der Waals surface area (Å²) < 4.78 is 6.82. The molecule has 2 heterocycles. The van der Waals surface area contributed by atoms with Gasteiger partial charge in [0.25, 0.3) is 0 Å². The number of nitrogen functional groups attached to an aromatic ring is 1. The standard InChI is InChI=1S/C19H16N6O/c1-26-15-9-7-14(8-10-15)22-23-17-18(20)24-25-16(11-12-21-19(17)25)13-5-3-2-4-6-13/h2-12H,1H3,(H2,20,24). The van der Waals surface area contributed by atoms with Crippen molar-refractivity contribution in [1.29, 1.82) is 0 Å². The second-order valence-corrected chi connectivity index (χ2v) is 5.56. The van der Waals surface area contributed by atoms with Crippen molar-refractivity contribution >= 4 is 22.8 Å². The number of benzene rings is 2. The minimum Gasteiger partial charge on any atom is -0.497 e. The molecular formula is C19H16N6O. The summed E-state index contributed by atoms with van der Waals surface area (Å²) in [7, 11) is 1.62. The van der Waals surface area contributed by atoms with Crippen LogP contribution in [0, 0.1) is 0 Å². The summed E-state index contributed by atoms with van der Waals surface area (Å²) in [5, 5.41) is 12.9. The molecule has 0 saturated carbocycles. The monoisotopic (exact) mass is 344 g/mol. The first kappa shape index (κ1) is 15.8. The molecule has 7 heteroatoms. The molecule has 0 amide bonds. The quantitative estimate of drug-likeness (QED) is 0.555. The molecule has 0 aliphatic heterocycles. The molecule has 0 atom stereocenters. The van der Waals surface area contributed by atoms with Crippen LogP contribution < -0.4 is 10.5 Å². The average molecular weight is 344 g/mol. The molecule has 0 bridgehead atoms. The minimum atomic E-state index is 0.276. The molecule has 0 aliphatic rings. The van der Waals surface area contributed by atoms with Crippen molar-refractivity contribution in [3.05, 3.63) is 66.9 Å². The fourth-order valence-corrected chi connectivity index (χ4v) is 2.63. The fourth-order valence-electron chi connectivity index (χ4n) is 2.63. The van der Waals surface area contributed by atoms with Gasteiger partial charge < -0.3 is 10.5 Å². The minimum absolute atomic E-state index is 0.276. The molecular weight excluding hydrogens is 328 g/mol. The van der Waals surface area contributed by atoms with Crippen LogP contribution in [0.25, 0.3) is 16.9 Å². The predicted octanol–water partition coefficient (Wildman–Crippen LogP) is 4.40. The Hall–Kier alpha value is -3.74. The average Bonchev–Trinajstić information content (AvgIpc) is 3.02. The molecule has 2 aromatic carbocycles. The molecule has 4 rings (SSSR count). The normalized spacial score (nSPS) is 11.3. The van der Waals surface area contributed by atoms with E-state index in [4.69, 9.17) is 10.5 Å². The predicted molar refractivity (Wildman–Crippen MR) is 100 cm³/mol. The molecule has 2 aromatic heterocycles. The van der Waals surface area contributed by atoms with E-state index in [2.05, 4.69) is 20.3 Å². The summed E-state index contributed by atoms with van der Waals surface area (Å²) in [5.41, 5.74) is 9.65. The lowest BCUT2D eigenvalue weighted by Gasteiger charge is -2.03. The van der Waals surface area contributed by atoms with E-state index >= 15 is 0 Å². The van der Waals surface area contributed by atoms with Crippen molar-refractivity contribution < 1.29 is 4.74 Å². The Bertz CT molecular complexity index is 1070. The lowest BCUT2D eigenvalue weighted by Crippen LogP contribution is -1.95. The van der Waals surface area contributed by atoms with Gasteiger partial charge in [-0.1, -0.05) is 30.3 Å². The Balaban J connectivity index is 1.76. The first-order chi connectivity index (χ1) is 12.8. The SMILES string of the molecule is COc1ccc(N=Nc2c(N)nn3c(-c4ccccc4)ccnc23)cc1. The topological polar surface area (TPSA) is 90.2 Å². The summed E-state index contributed by atoms with van der Waals surface area (Å²) in [6.45, 7) is 0. The Morgan fingerprint density at radius 3 is 2.46 bits per heavy atom. The summed E-state index contributed by atoms with van der Waals surface area (Å²) in [6.07, 6.45) is 1.71. The third-order valence-electron chi connectivity index (χ3n) is 3.93. The number of hydrogen-bond donors (Lipinski definition) is 1. The van der Waals surface area contributed by atoms with E-state index < -0.39 is 0 Å². The van der Waals surface area contributed by atoms with Crippen molar-refractivity contribution in [2.24, 2.45) is 10.2 Å². The highest BCUT2D eigenvalue weighted by molar-refractivity contribution is 5.78. The Morgan fingerprint density at radius 2 is 1.73 bits per heavy atom. The van der Waals surface area contributed by atoms with E-state index in [0.29, 0.717) is 17.0 Å². The van der Waals surface area contributed by atoms with Crippen LogP contribution in [-0.2, 0) is 0 Å². The number of hydrogen-bond acceptors (Lipinski definition) is 6. The molecule has 26 heavy (non-hydrogen) atoms. The molecule has 0 fully saturated rings.